The van der Waals surface area contributed by atoms with E-state index in [1.165, 1.54) is 31.9 Å². The van der Waals surface area contributed by atoms with Crippen molar-refractivity contribution in [1.29, 1.82) is 5.26 Å². The third kappa shape index (κ3) is 3.04. The summed E-state index contributed by atoms with van der Waals surface area (Å²) in [4.78, 5) is 13.1. The highest BCUT2D eigenvalue weighted by molar-refractivity contribution is 5.84. The van der Waals surface area contributed by atoms with Crippen LogP contribution in [0, 0.1) is 28.4 Å². The van der Waals surface area contributed by atoms with E-state index in [1.54, 1.807) is 0 Å². The van der Waals surface area contributed by atoms with E-state index in [4.69, 9.17) is 5.26 Å². The number of rotatable bonds is 3. The Hall–Kier alpha value is -1.96. The molecule has 96 valence electrons. The van der Waals surface area contributed by atoms with Crippen LogP contribution in [0.3, 0.4) is 0 Å². The molecule has 0 saturated heterocycles. The second-order valence-electron chi connectivity index (χ2n) is 4.63. The summed E-state index contributed by atoms with van der Waals surface area (Å²) in [6.07, 6.45) is 0. The lowest BCUT2D eigenvalue weighted by molar-refractivity contribution is -0.136. The second kappa shape index (κ2) is 5.13. The number of amides is 1. The van der Waals surface area contributed by atoms with Crippen molar-refractivity contribution in [2.75, 3.05) is 7.05 Å². The first-order valence-corrected chi connectivity index (χ1v) is 5.38. The monoisotopic (exact) mass is 252 g/mol. The average Bonchev–Trinajstić information content (AvgIpc) is 2.31. The van der Waals surface area contributed by atoms with Crippen LogP contribution in [0.4, 0.5) is 8.78 Å². The fourth-order valence-electron chi connectivity index (χ4n) is 1.50. The Kier molecular flexibility index (Phi) is 4.02. The summed E-state index contributed by atoms with van der Waals surface area (Å²) in [7, 11) is 1.48. The zero-order valence-electron chi connectivity index (χ0n) is 10.5. The van der Waals surface area contributed by atoms with Crippen LogP contribution in [0.5, 0.6) is 0 Å². The maximum absolute atomic E-state index is 13.4. The minimum atomic E-state index is -1.16. The zero-order chi connectivity index (χ0) is 13.9. The van der Waals surface area contributed by atoms with Gasteiger partial charge in [0, 0.05) is 25.2 Å². The lowest BCUT2D eigenvalue weighted by atomic mass is 9.94. The Balaban J connectivity index is 2.86. The summed E-state index contributed by atoms with van der Waals surface area (Å²) in [5.41, 5.74) is -0.952. The van der Waals surface area contributed by atoms with Gasteiger partial charge >= 0.3 is 0 Å². The molecule has 1 aromatic carbocycles. The van der Waals surface area contributed by atoms with Crippen LogP contribution in [0.25, 0.3) is 0 Å². The number of carbonyl (C=O) groups is 1. The minimum Gasteiger partial charge on any atom is -0.340 e. The van der Waals surface area contributed by atoms with E-state index in [2.05, 4.69) is 0 Å². The molecule has 0 fully saturated rings. The summed E-state index contributed by atoms with van der Waals surface area (Å²) in [5.74, 6) is -1.78. The quantitative estimate of drug-likeness (QED) is 0.829. The molecule has 0 saturated carbocycles. The maximum Gasteiger partial charge on any atom is 0.242 e. The van der Waals surface area contributed by atoms with E-state index in [0.29, 0.717) is 0 Å². The van der Waals surface area contributed by atoms with Crippen molar-refractivity contribution in [2.45, 2.75) is 20.4 Å². The van der Waals surface area contributed by atoms with Crippen molar-refractivity contribution in [3.05, 3.63) is 35.4 Å². The molecule has 0 N–H and O–H groups in total. The second-order valence-corrected chi connectivity index (χ2v) is 4.63. The molecule has 0 aliphatic heterocycles. The van der Waals surface area contributed by atoms with Crippen molar-refractivity contribution in [1.82, 2.24) is 4.90 Å². The van der Waals surface area contributed by atoms with Crippen molar-refractivity contribution in [3.63, 3.8) is 0 Å². The first-order chi connectivity index (χ1) is 8.27. The minimum absolute atomic E-state index is 0.00391. The van der Waals surface area contributed by atoms with Crippen LogP contribution in [0.1, 0.15) is 19.4 Å². The van der Waals surface area contributed by atoms with Gasteiger partial charge in [-0.05, 0) is 19.9 Å². The fourth-order valence-corrected chi connectivity index (χ4v) is 1.50. The van der Waals surface area contributed by atoms with Crippen LogP contribution in [0.2, 0.25) is 0 Å². The van der Waals surface area contributed by atoms with Crippen LogP contribution in [-0.2, 0) is 11.3 Å². The Labute approximate surface area is 105 Å². The predicted octanol–water partition coefficient (Wildman–Crippen LogP) is 2.47. The Morgan fingerprint density at radius 1 is 1.44 bits per heavy atom. The molecule has 0 aromatic heterocycles. The van der Waals surface area contributed by atoms with Crippen LogP contribution in [-0.4, -0.2) is 17.9 Å². The molecular formula is C13H14F2N2O. The SMILES string of the molecule is CN(Cc1ccc(F)cc1F)C(=O)C(C)(C)C#N. The number of halogens is 2. The van der Waals surface area contributed by atoms with Gasteiger partial charge in [0.25, 0.3) is 0 Å². The molecule has 5 heteroatoms. The van der Waals surface area contributed by atoms with Gasteiger partial charge in [0.05, 0.1) is 6.07 Å². The summed E-state index contributed by atoms with van der Waals surface area (Å²) >= 11 is 0. The van der Waals surface area contributed by atoms with Gasteiger partial charge in [-0.2, -0.15) is 5.26 Å². The third-order valence-electron chi connectivity index (χ3n) is 2.58. The highest BCUT2D eigenvalue weighted by atomic mass is 19.1. The standard InChI is InChI=1S/C13H14F2N2O/c1-13(2,8-16)12(18)17(3)7-9-4-5-10(14)6-11(9)15/h4-6H,7H2,1-3H3. The van der Waals surface area contributed by atoms with Crippen LogP contribution >= 0.6 is 0 Å². The van der Waals surface area contributed by atoms with Crippen molar-refractivity contribution < 1.29 is 13.6 Å². The molecule has 0 aliphatic rings. The highest BCUT2D eigenvalue weighted by Gasteiger charge is 2.30. The van der Waals surface area contributed by atoms with Gasteiger partial charge in [-0.15, -0.1) is 0 Å². The molecule has 0 spiro atoms. The predicted molar refractivity (Wildman–Crippen MR) is 62.2 cm³/mol. The van der Waals surface area contributed by atoms with Crippen LogP contribution in [0.15, 0.2) is 18.2 Å². The highest BCUT2D eigenvalue weighted by Crippen LogP contribution is 2.19. The number of carbonyl (C=O) groups excluding carboxylic acids is 1. The molecule has 1 amide bonds. The lowest BCUT2D eigenvalue weighted by Gasteiger charge is -2.24. The van der Waals surface area contributed by atoms with Crippen molar-refractivity contribution in [2.24, 2.45) is 5.41 Å². The summed E-state index contributed by atoms with van der Waals surface area (Å²) in [5, 5.41) is 8.85. The van der Waals surface area contributed by atoms with Gasteiger partial charge in [0.2, 0.25) is 5.91 Å². The third-order valence-corrected chi connectivity index (χ3v) is 2.58. The molecular weight excluding hydrogens is 238 g/mol. The average molecular weight is 252 g/mol. The van der Waals surface area contributed by atoms with E-state index in [-0.39, 0.29) is 12.1 Å². The molecule has 1 rings (SSSR count). The maximum atomic E-state index is 13.4. The Bertz CT molecular complexity index is 506. The topological polar surface area (TPSA) is 44.1 Å². The largest absolute Gasteiger partial charge is 0.340 e. The summed E-state index contributed by atoms with van der Waals surface area (Å²) in [6, 6.07) is 5.07. The van der Waals surface area contributed by atoms with E-state index in [1.807, 2.05) is 6.07 Å². The Morgan fingerprint density at radius 3 is 2.56 bits per heavy atom. The normalized spacial score (nSPS) is 10.9. The first-order valence-electron chi connectivity index (χ1n) is 5.38. The first kappa shape index (κ1) is 14.1. The fraction of sp³-hybridized carbons (Fsp3) is 0.385. The number of benzene rings is 1. The molecule has 1 aromatic rings. The van der Waals surface area contributed by atoms with Gasteiger partial charge in [0.1, 0.15) is 17.0 Å². The van der Waals surface area contributed by atoms with Crippen LogP contribution < -0.4 is 0 Å². The van der Waals surface area contributed by atoms with E-state index >= 15 is 0 Å². The molecule has 3 nitrogen and oxygen atoms in total. The van der Waals surface area contributed by atoms with Gasteiger partial charge in [-0.25, -0.2) is 8.78 Å². The lowest BCUT2D eigenvalue weighted by Crippen LogP contribution is -2.37. The van der Waals surface area contributed by atoms with E-state index in [9.17, 15) is 13.6 Å². The van der Waals surface area contributed by atoms with Gasteiger partial charge < -0.3 is 4.90 Å². The summed E-state index contributed by atoms with van der Waals surface area (Å²) < 4.78 is 26.1. The van der Waals surface area contributed by atoms with E-state index in [0.717, 1.165) is 12.1 Å². The van der Waals surface area contributed by atoms with Crippen molar-refractivity contribution >= 4 is 5.91 Å². The smallest absolute Gasteiger partial charge is 0.242 e. The molecule has 0 heterocycles. The molecule has 0 bridgehead atoms. The number of hydrogen-bond acceptors (Lipinski definition) is 2. The molecule has 0 unspecified atom stereocenters. The molecule has 0 radical (unpaired) electrons. The van der Waals surface area contributed by atoms with Gasteiger partial charge in [-0.3, -0.25) is 4.79 Å². The Morgan fingerprint density at radius 2 is 2.06 bits per heavy atom. The van der Waals surface area contributed by atoms with E-state index < -0.39 is 23.0 Å². The zero-order valence-corrected chi connectivity index (χ0v) is 10.5. The van der Waals surface area contributed by atoms with Gasteiger partial charge in [-0.1, -0.05) is 6.07 Å². The summed E-state index contributed by atoms with van der Waals surface area (Å²) in [6.45, 7) is 2.98. The molecule has 0 aliphatic carbocycles. The van der Waals surface area contributed by atoms with Gasteiger partial charge in [0.15, 0.2) is 0 Å². The van der Waals surface area contributed by atoms with Crippen molar-refractivity contribution in [3.8, 4) is 6.07 Å². The molecule has 18 heavy (non-hydrogen) atoms. The molecule has 0 atom stereocenters. The number of hydrogen-bond donors (Lipinski definition) is 0. The number of nitriles is 1. The number of nitrogens with zero attached hydrogens (tertiary/aromatic N) is 2.